The Balaban J connectivity index is 1.70. The molecule has 29 heavy (non-hydrogen) atoms. The summed E-state index contributed by atoms with van der Waals surface area (Å²) in [6.45, 7) is 2.76. The molecule has 0 N–H and O–H groups in total. The third-order valence-corrected chi connectivity index (χ3v) is 6.07. The van der Waals surface area contributed by atoms with E-state index in [1.54, 1.807) is 24.3 Å². The van der Waals surface area contributed by atoms with E-state index >= 15 is 0 Å². The van der Waals surface area contributed by atoms with Crippen LogP contribution in [-0.2, 0) is 16.1 Å². The number of hydrogen-bond donors (Lipinski definition) is 0. The zero-order valence-corrected chi connectivity index (χ0v) is 17.3. The molecule has 0 spiro atoms. The molecule has 0 aliphatic carbocycles. The Kier molecular flexibility index (Phi) is 5.34. The second-order valence-electron chi connectivity index (χ2n) is 6.71. The highest BCUT2D eigenvalue weighted by molar-refractivity contribution is 7.16. The van der Waals surface area contributed by atoms with Gasteiger partial charge in [-0.15, -0.1) is 0 Å². The molecule has 1 fully saturated rings. The van der Waals surface area contributed by atoms with Crippen molar-refractivity contribution < 1.29 is 14.4 Å². The largest absolute Gasteiger partial charge is 0.315 e. The first-order valence-corrected chi connectivity index (χ1v) is 10.5. The van der Waals surface area contributed by atoms with Crippen molar-refractivity contribution in [1.82, 2.24) is 4.57 Å². The molecule has 6 nitrogen and oxygen atoms in total. The van der Waals surface area contributed by atoms with E-state index in [-0.39, 0.29) is 30.6 Å². The van der Waals surface area contributed by atoms with E-state index in [2.05, 4.69) is 11.9 Å². The van der Waals surface area contributed by atoms with Gasteiger partial charge in [0.2, 0.25) is 11.8 Å². The van der Waals surface area contributed by atoms with Gasteiger partial charge in [-0.3, -0.25) is 19.3 Å². The lowest BCUT2D eigenvalue weighted by molar-refractivity contribution is -0.121. The molecule has 0 radical (unpaired) electrons. The quantitative estimate of drug-likeness (QED) is 0.587. The average Bonchev–Trinajstić information content (AvgIpc) is 3.22. The molecule has 1 aliphatic rings. The second-order valence-corrected chi connectivity index (χ2v) is 8.13. The van der Waals surface area contributed by atoms with Gasteiger partial charge >= 0.3 is 0 Å². The Labute approximate surface area is 176 Å². The lowest BCUT2D eigenvalue weighted by atomic mass is 10.2. The van der Waals surface area contributed by atoms with Crippen molar-refractivity contribution in [3.63, 3.8) is 0 Å². The lowest BCUT2D eigenvalue weighted by Crippen LogP contribution is -2.28. The normalized spacial score (nSPS) is 15.0. The van der Waals surface area contributed by atoms with Crippen LogP contribution in [-0.4, -0.2) is 22.3 Å². The predicted octanol–water partition coefficient (Wildman–Crippen LogP) is 4.16. The summed E-state index contributed by atoms with van der Waals surface area (Å²) in [5, 5.41) is 0.630. The van der Waals surface area contributed by atoms with Crippen molar-refractivity contribution in [2.75, 3.05) is 4.90 Å². The van der Waals surface area contributed by atoms with E-state index in [0.717, 1.165) is 21.5 Å². The molecule has 148 valence electrons. The predicted molar refractivity (Wildman–Crippen MR) is 113 cm³/mol. The molecule has 4 rings (SSSR count). The van der Waals surface area contributed by atoms with Crippen LogP contribution in [0.1, 0.15) is 36.5 Å². The summed E-state index contributed by atoms with van der Waals surface area (Å²) in [4.78, 5) is 42.5. The number of aryl methyl sites for hydroxylation is 1. The van der Waals surface area contributed by atoms with Crippen molar-refractivity contribution in [2.45, 2.75) is 32.7 Å². The number of halogens is 1. The molecule has 1 aliphatic heterocycles. The molecule has 0 atom stereocenters. The minimum atomic E-state index is -0.386. The zero-order chi connectivity index (χ0) is 20.5. The third-order valence-electron chi connectivity index (χ3n) is 4.72. The van der Waals surface area contributed by atoms with Crippen LogP contribution in [0.5, 0.6) is 0 Å². The summed E-state index contributed by atoms with van der Waals surface area (Å²) >= 11 is 7.79. The van der Waals surface area contributed by atoms with Crippen LogP contribution in [0.25, 0.3) is 10.2 Å². The van der Waals surface area contributed by atoms with Gasteiger partial charge < -0.3 is 4.57 Å². The van der Waals surface area contributed by atoms with Crippen LogP contribution in [0.3, 0.4) is 0 Å². The van der Waals surface area contributed by atoms with Gasteiger partial charge in [0.1, 0.15) is 0 Å². The maximum Gasteiger partial charge on any atom is 0.279 e. The number of nitrogens with zero attached hydrogens (tertiary/aromatic N) is 3. The number of thiazole rings is 1. The first kappa shape index (κ1) is 19.5. The van der Waals surface area contributed by atoms with Crippen LogP contribution in [0, 0.1) is 0 Å². The van der Waals surface area contributed by atoms with Crippen molar-refractivity contribution in [1.29, 1.82) is 0 Å². The zero-order valence-electron chi connectivity index (χ0n) is 15.7. The van der Waals surface area contributed by atoms with Gasteiger partial charge in [-0.05, 0) is 42.8 Å². The number of para-hydroxylation sites is 1. The third kappa shape index (κ3) is 3.63. The van der Waals surface area contributed by atoms with Crippen LogP contribution in [0.15, 0.2) is 47.5 Å². The molecule has 8 heteroatoms. The van der Waals surface area contributed by atoms with Gasteiger partial charge in [0, 0.05) is 24.9 Å². The number of anilines is 1. The van der Waals surface area contributed by atoms with Gasteiger partial charge in [-0.2, -0.15) is 4.99 Å². The Morgan fingerprint density at radius 2 is 1.79 bits per heavy atom. The Bertz CT molecular complexity index is 1180. The highest BCUT2D eigenvalue weighted by Crippen LogP contribution is 2.26. The SMILES string of the molecule is CCCn1c(=NC(=O)c2ccc(N3C(=O)CCC3=O)cc2)sc2cccc(Cl)c21. The fraction of sp³-hybridized carbons (Fsp3) is 0.238. The highest BCUT2D eigenvalue weighted by Gasteiger charge is 2.30. The first-order valence-electron chi connectivity index (χ1n) is 9.32. The minimum Gasteiger partial charge on any atom is -0.315 e. The molecule has 2 aromatic carbocycles. The van der Waals surface area contributed by atoms with Gasteiger partial charge in [0.25, 0.3) is 5.91 Å². The molecular weight excluding hydrogens is 410 g/mol. The van der Waals surface area contributed by atoms with Gasteiger partial charge in [0.05, 0.1) is 20.9 Å². The molecule has 0 saturated carbocycles. The summed E-state index contributed by atoms with van der Waals surface area (Å²) in [7, 11) is 0. The Hall–Kier alpha value is -2.77. The fourth-order valence-electron chi connectivity index (χ4n) is 3.37. The standard InChI is InChI=1S/C21H18ClN3O3S/c1-2-12-24-19-15(22)4-3-5-16(19)29-21(24)23-20(28)13-6-8-14(9-7-13)25-17(26)10-11-18(25)27/h3-9H,2,10-12H2,1H3. The topological polar surface area (TPSA) is 71.7 Å². The summed E-state index contributed by atoms with van der Waals surface area (Å²) in [6, 6.07) is 12.0. The van der Waals surface area contributed by atoms with E-state index in [0.29, 0.717) is 27.6 Å². The minimum absolute atomic E-state index is 0.221. The molecule has 3 amide bonds. The summed E-state index contributed by atoms with van der Waals surface area (Å²) in [5.74, 6) is -0.828. The Morgan fingerprint density at radius 3 is 2.45 bits per heavy atom. The van der Waals surface area contributed by atoms with Crippen molar-refractivity contribution in [3.05, 3.63) is 57.9 Å². The molecule has 1 aromatic heterocycles. The van der Waals surface area contributed by atoms with E-state index in [1.165, 1.54) is 11.3 Å². The summed E-state index contributed by atoms with van der Waals surface area (Å²) < 4.78 is 2.94. The number of aromatic nitrogens is 1. The average molecular weight is 428 g/mol. The number of imide groups is 1. The van der Waals surface area contributed by atoms with Crippen LogP contribution >= 0.6 is 22.9 Å². The smallest absolute Gasteiger partial charge is 0.279 e. The maximum absolute atomic E-state index is 12.7. The number of carbonyl (C=O) groups is 3. The van der Waals surface area contributed by atoms with Gasteiger partial charge in [0.15, 0.2) is 4.80 Å². The van der Waals surface area contributed by atoms with Crippen LogP contribution in [0.4, 0.5) is 5.69 Å². The van der Waals surface area contributed by atoms with E-state index < -0.39 is 0 Å². The van der Waals surface area contributed by atoms with Crippen molar-refractivity contribution >= 4 is 56.6 Å². The first-order chi connectivity index (χ1) is 14.0. The molecule has 2 heterocycles. The Morgan fingerprint density at radius 1 is 1.10 bits per heavy atom. The van der Waals surface area contributed by atoms with Gasteiger partial charge in [-0.25, -0.2) is 0 Å². The number of benzene rings is 2. The fourth-order valence-corrected chi connectivity index (χ4v) is 4.79. The number of hydrogen-bond acceptors (Lipinski definition) is 4. The monoisotopic (exact) mass is 427 g/mol. The van der Waals surface area contributed by atoms with Crippen molar-refractivity contribution in [3.8, 4) is 0 Å². The van der Waals surface area contributed by atoms with Crippen molar-refractivity contribution in [2.24, 2.45) is 4.99 Å². The number of carbonyl (C=O) groups excluding carboxylic acids is 3. The second kappa shape index (κ2) is 7.93. The molecule has 0 unspecified atom stereocenters. The van der Waals surface area contributed by atoms with E-state index in [4.69, 9.17) is 11.6 Å². The summed E-state index contributed by atoms with van der Waals surface area (Å²) in [5.41, 5.74) is 1.75. The van der Waals surface area contributed by atoms with Crippen LogP contribution < -0.4 is 9.70 Å². The maximum atomic E-state index is 12.7. The van der Waals surface area contributed by atoms with E-state index in [1.807, 2.05) is 22.8 Å². The number of fused-ring (bicyclic) bond motifs is 1. The molecule has 3 aromatic rings. The molecular formula is C21H18ClN3O3S. The number of rotatable bonds is 4. The lowest BCUT2D eigenvalue weighted by Gasteiger charge is -2.13. The molecule has 0 bridgehead atoms. The van der Waals surface area contributed by atoms with E-state index in [9.17, 15) is 14.4 Å². The number of amides is 3. The summed E-state index contributed by atoms with van der Waals surface area (Å²) in [6.07, 6.45) is 1.33. The van der Waals surface area contributed by atoms with Gasteiger partial charge in [-0.1, -0.05) is 35.9 Å². The van der Waals surface area contributed by atoms with Crippen LogP contribution in [0.2, 0.25) is 5.02 Å². The molecule has 1 saturated heterocycles. The highest BCUT2D eigenvalue weighted by atomic mass is 35.5.